The van der Waals surface area contributed by atoms with Crippen molar-refractivity contribution in [3.63, 3.8) is 0 Å². The van der Waals surface area contributed by atoms with Gasteiger partial charge in [-0.1, -0.05) is 0 Å². The molecule has 0 saturated heterocycles. The summed E-state index contributed by atoms with van der Waals surface area (Å²) in [6, 6.07) is 3.46. The van der Waals surface area contributed by atoms with Gasteiger partial charge < -0.3 is 11.1 Å². The summed E-state index contributed by atoms with van der Waals surface area (Å²) in [6.07, 6.45) is 3.30. The van der Waals surface area contributed by atoms with Gasteiger partial charge >= 0.3 is 0 Å². The van der Waals surface area contributed by atoms with Crippen LogP contribution in [0.25, 0.3) is 10.9 Å². The normalized spacial score (nSPS) is 10.2. The summed E-state index contributed by atoms with van der Waals surface area (Å²) in [5, 5.41) is 3.63. The lowest BCUT2D eigenvalue weighted by molar-refractivity contribution is 0.100. The average Bonchev–Trinajstić information content (AvgIpc) is 2.27. The average molecular weight is 202 g/mol. The molecule has 15 heavy (non-hydrogen) atoms. The zero-order chi connectivity index (χ0) is 10.8. The molecule has 0 radical (unpaired) electrons. The molecule has 0 fully saturated rings. The van der Waals surface area contributed by atoms with Crippen LogP contribution in [0, 0.1) is 0 Å². The first-order valence-corrected chi connectivity index (χ1v) is 4.44. The molecule has 0 saturated carbocycles. The SMILES string of the molecule is CNc1nc2ccncc2cc1C(N)=O. The van der Waals surface area contributed by atoms with Crippen LogP contribution >= 0.6 is 0 Å². The number of hydrogen-bond acceptors (Lipinski definition) is 4. The predicted octanol–water partition coefficient (Wildman–Crippen LogP) is 0.770. The van der Waals surface area contributed by atoms with Crippen LogP contribution in [0.1, 0.15) is 10.4 Å². The Morgan fingerprint density at radius 3 is 3.00 bits per heavy atom. The molecule has 0 aliphatic heterocycles. The van der Waals surface area contributed by atoms with Crippen LogP contribution in [0.4, 0.5) is 5.82 Å². The van der Waals surface area contributed by atoms with E-state index < -0.39 is 5.91 Å². The van der Waals surface area contributed by atoms with Crippen molar-refractivity contribution in [2.24, 2.45) is 5.73 Å². The highest BCUT2D eigenvalue weighted by Gasteiger charge is 2.09. The summed E-state index contributed by atoms with van der Waals surface area (Å²) in [4.78, 5) is 19.4. The highest BCUT2D eigenvalue weighted by Crippen LogP contribution is 2.18. The van der Waals surface area contributed by atoms with Crippen molar-refractivity contribution in [3.05, 3.63) is 30.1 Å². The monoisotopic (exact) mass is 202 g/mol. The van der Waals surface area contributed by atoms with E-state index in [0.29, 0.717) is 11.4 Å². The maximum absolute atomic E-state index is 11.1. The quantitative estimate of drug-likeness (QED) is 0.753. The Morgan fingerprint density at radius 2 is 2.33 bits per heavy atom. The lowest BCUT2D eigenvalue weighted by atomic mass is 10.2. The number of anilines is 1. The van der Waals surface area contributed by atoms with Crippen molar-refractivity contribution in [3.8, 4) is 0 Å². The van der Waals surface area contributed by atoms with Gasteiger partial charge in [-0.25, -0.2) is 4.98 Å². The van der Waals surface area contributed by atoms with Crippen molar-refractivity contribution in [1.29, 1.82) is 0 Å². The fourth-order valence-corrected chi connectivity index (χ4v) is 1.40. The maximum Gasteiger partial charge on any atom is 0.252 e. The van der Waals surface area contributed by atoms with Crippen molar-refractivity contribution >= 4 is 22.6 Å². The second-order valence-electron chi connectivity index (χ2n) is 3.07. The number of carbonyl (C=O) groups excluding carboxylic acids is 1. The third-order valence-corrected chi connectivity index (χ3v) is 2.12. The number of primary amides is 1. The summed E-state index contributed by atoms with van der Waals surface area (Å²) < 4.78 is 0. The van der Waals surface area contributed by atoms with Crippen LogP contribution in [0.2, 0.25) is 0 Å². The standard InChI is InChI=1S/C10H10N4O/c1-12-10-7(9(11)15)4-6-5-13-3-2-8(6)14-10/h2-5H,1H3,(H2,11,15)(H,12,14). The van der Waals surface area contributed by atoms with E-state index in [0.717, 1.165) is 10.9 Å². The van der Waals surface area contributed by atoms with E-state index in [1.165, 1.54) is 0 Å². The molecule has 2 aromatic rings. The number of fused-ring (bicyclic) bond motifs is 1. The number of carbonyl (C=O) groups is 1. The lowest BCUT2D eigenvalue weighted by Crippen LogP contribution is -2.14. The van der Waals surface area contributed by atoms with Gasteiger partial charge in [0.1, 0.15) is 5.82 Å². The summed E-state index contributed by atoms with van der Waals surface area (Å²) in [6.45, 7) is 0. The van der Waals surface area contributed by atoms with Gasteiger partial charge in [0, 0.05) is 24.8 Å². The first-order chi connectivity index (χ1) is 7.22. The van der Waals surface area contributed by atoms with Gasteiger partial charge in [0.2, 0.25) is 0 Å². The van der Waals surface area contributed by atoms with Crippen molar-refractivity contribution in [2.75, 3.05) is 12.4 Å². The zero-order valence-electron chi connectivity index (χ0n) is 8.19. The van der Waals surface area contributed by atoms with Crippen LogP contribution < -0.4 is 11.1 Å². The molecule has 1 amide bonds. The summed E-state index contributed by atoms with van der Waals surface area (Å²) in [7, 11) is 1.70. The Bertz CT molecular complexity index is 524. The maximum atomic E-state index is 11.1. The Kier molecular flexibility index (Phi) is 2.21. The van der Waals surface area contributed by atoms with E-state index in [-0.39, 0.29) is 0 Å². The van der Waals surface area contributed by atoms with E-state index in [9.17, 15) is 4.79 Å². The number of pyridine rings is 2. The van der Waals surface area contributed by atoms with E-state index in [4.69, 9.17) is 5.73 Å². The Balaban J connectivity index is 2.74. The molecule has 5 heteroatoms. The molecule has 3 N–H and O–H groups in total. The molecule has 5 nitrogen and oxygen atoms in total. The smallest absolute Gasteiger partial charge is 0.252 e. The summed E-state index contributed by atoms with van der Waals surface area (Å²) >= 11 is 0. The lowest BCUT2D eigenvalue weighted by Gasteiger charge is -2.06. The van der Waals surface area contributed by atoms with Gasteiger partial charge in [-0.15, -0.1) is 0 Å². The third kappa shape index (κ3) is 1.59. The Morgan fingerprint density at radius 1 is 1.53 bits per heavy atom. The van der Waals surface area contributed by atoms with Gasteiger partial charge in [-0.3, -0.25) is 9.78 Å². The van der Waals surface area contributed by atoms with Crippen LogP contribution in [0.3, 0.4) is 0 Å². The molecule has 2 heterocycles. The van der Waals surface area contributed by atoms with E-state index in [1.54, 1.807) is 31.6 Å². The van der Waals surface area contributed by atoms with Crippen molar-refractivity contribution < 1.29 is 4.79 Å². The molecule has 0 spiro atoms. The van der Waals surface area contributed by atoms with Gasteiger partial charge in [0.25, 0.3) is 5.91 Å². The van der Waals surface area contributed by atoms with E-state index in [2.05, 4.69) is 15.3 Å². The zero-order valence-corrected chi connectivity index (χ0v) is 8.19. The molecule has 2 rings (SSSR count). The first-order valence-electron chi connectivity index (χ1n) is 4.44. The Labute approximate surface area is 86.3 Å². The second-order valence-corrected chi connectivity index (χ2v) is 3.07. The van der Waals surface area contributed by atoms with Gasteiger partial charge in [-0.2, -0.15) is 0 Å². The minimum Gasteiger partial charge on any atom is -0.372 e. The highest BCUT2D eigenvalue weighted by molar-refractivity contribution is 6.01. The second kappa shape index (κ2) is 3.53. The fourth-order valence-electron chi connectivity index (χ4n) is 1.40. The number of aromatic nitrogens is 2. The van der Waals surface area contributed by atoms with Crippen molar-refractivity contribution in [1.82, 2.24) is 9.97 Å². The molecule has 76 valence electrons. The number of amides is 1. The fraction of sp³-hybridized carbons (Fsp3) is 0.100. The number of nitrogens with zero attached hydrogens (tertiary/aromatic N) is 2. The number of rotatable bonds is 2. The van der Waals surface area contributed by atoms with Gasteiger partial charge in [0.15, 0.2) is 0 Å². The largest absolute Gasteiger partial charge is 0.372 e. The molecule has 0 atom stereocenters. The number of nitrogens with two attached hydrogens (primary N) is 1. The molecule has 0 bridgehead atoms. The summed E-state index contributed by atoms with van der Waals surface area (Å²) in [5.74, 6) is -0.0150. The van der Waals surface area contributed by atoms with Crippen molar-refractivity contribution in [2.45, 2.75) is 0 Å². The number of hydrogen-bond donors (Lipinski definition) is 2. The van der Waals surface area contributed by atoms with Gasteiger partial charge in [-0.05, 0) is 12.1 Å². The molecular weight excluding hydrogens is 192 g/mol. The van der Waals surface area contributed by atoms with Crippen LogP contribution in [0.15, 0.2) is 24.5 Å². The summed E-state index contributed by atoms with van der Waals surface area (Å²) in [5.41, 5.74) is 6.39. The molecule has 0 aliphatic rings. The predicted molar refractivity (Wildman–Crippen MR) is 57.6 cm³/mol. The topological polar surface area (TPSA) is 80.9 Å². The molecule has 0 aromatic carbocycles. The number of nitrogens with one attached hydrogen (secondary N) is 1. The van der Waals surface area contributed by atoms with E-state index >= 15 is 0 Å². The van der Waals surface area contributed by atoms with E-state index in [1.807, 2.05) is 0 Å². The first kappa shape index (κ1) is 9.39. The van der Waals surface area contributed by atoms with Crippen LogP contribution in [0.5, 0.6) is 0 Å². The third-order valence-electron chi connectivity index (χ3n) is 2.12. The van der Waals surface area contributed by atoms with Gasteiger partial charge in [0.05, 0.1) is 11.1 Å². The minimum absolute atomic E-state index is 0.373. The molecule has 0 aliphatic carbocycles. The van der Waals surface area contributed by atoms with Crippen LogP contribution in [-0.2, 0) is 0 Å². The Hall–Kier alpha value is -2.17. The molecule has 0 unspecified atom stereocenters. The molecule has 2 aromatic heterocycles. The highest BCUT2D eigenvalue weighted by atomic mass is 16.1. The van der Waals surface area contributed by atoms with Crippen LogP contribution in [-0.4, -0.2) is 22.9 Å². The molecular formula is C10H10N4O. The minimum atomic E-state index is -0.502.